The van der Waals surface area contributed by atoms with Crippen molar-refractivity contribution in [2.75, 3.05) is 0 Å². The van der Waals surface area contributed by atoms with E-state index in [0.717, 1.165) is 0 Å². The predicted molar refractivity (Wildman–Crippen MR) is 41.1 cm³/mol. The SMILES string of the molecule is O=[C-]CC(=O)c1ccccc1.[Fe]. The number of benzene rings is 1. The minimum Gasteiger partial charge on any atom is -0.541 e. The molecule has 0 aliphatic rings. The normalized spacial score (nSPS) is 8.33. The topological polar surface area (TPSA) is 34.1 Å². The van der Waals surface area contributed by atoms with Gasteiger partial charge in [0.1, 0.15) is 5.78 Å². The molecule has 0 aromatic heterocycles. The van der Waals surface area contributed by atoms with Crippen LogP contribution in [0.15, 0.2) is 30.3 Å². The van der Waals surface area contributed by atoms with Crippen LogP contribution < -0.4 is 0 Å². The van der Waals surface area contributed by atoms with Crippen LogP contribution in [0.2, 0.25) is 0 Å². The van der Waals surface area contributed by atoms with Gasteiger partial charge in [-0.1, -0.05) is 36.8 Å². The first-order valence-corrected chi connectivity index (χ1v) is 3.28. The molecule has 0 saturated carbocycles. The van der Waals surface area contributed by atoms with Gasteiger partial charge in [0.25, 0.3) is 0 Å². The zero-order valence-corrected chi connectivity index (χ0v) is 7.37. The molecule has 12 heavy (non-hydrogen) atoms. The van der Waals surface area contributed by atoms with Crippen molar-refractivity contribution in [3.63, 3.8) is 0 Å². The van der Waals surface area contributed by atoms with E-state index in [4.69, 9.17) is 0 Å². The van der Waals surface area contributed by atoms with Gasteiger partial charge in [-0.2, -0.15) is 0 Å². The van der Waals surface area contributed by atoms with Gasteiger partial charge in [0.2, 0.25) is 0 Å². The van der Waals surface area contributed by atoms with Crippen LogP contribution in [0.1, 0.15) is 16.8 Å². The molecule has 0 aliphatic carbocycles. The minimum atomic E-state index is -0.180. The Labute approximate surface area is 81.4 Å². The van der Waals surface area contributed by atoms with Gasteiger partial charge in [-0.05, 0) is 0 Å². The Kier molecular flexibility index (Phi) is 5.26. The van der Waals surface area contributed by atoms with E-state index in [-0.39, 0.29) is 29.3 Å². The molecule has 0 unspecified atom stereocenters. The molecule has 0 saturated heterocycles. The van der Waals surface area contributed by atoms with Crippen molar-refractivity contribution in [2.24, 2.45) is 0 Å². The zero-order valence-electron chi connectivity index (χ0n) is 6.26. The van der Waals surface area contributed by atoms with Crippen LogP contribution in [0.3, 0.4) is 0 Å². The van der Waals surface area contributed by atoms with E-state index in [2.05, 4.69) is 0 Å². The largest absolute Gasteiger partial charge is 0.541 e. The Morgan fingerprint density at radius 2 is 1.83 bits per heavy atom. The van der Waals surface area contributed by atoms with Gasteiger partial charge in [0, 0.05) is 22.6 Å². The van der Waals surface area contributed by atoms with E-state index < -0.39 is 0 Å². The summed E-state index contributed by atoms with van der Waals surface area (Å²) in [4.78, 5) is 20.8. The van der Waals surface area contributed by atoms with Crippen molar-refractivity contribution >= 4 is 12.1 Å². The predicted octanol–water partition coefficient (Wildman–Crippen LogP) is 1.37. The number of hydrogen-bond acceptors (Lipinski definition) is 2. The van der Waals surface area contributed by atoms with Gasteiger partial charge in [-0.25, -0.2) is 0 Å². The molecule has 0 N–H and O–H groups in total. The van der Waals surface area contributed by atoms with Crippen molar-refractivity contribution < 1.29 is 26.7 Å². The van der Waals surface area contributed by atoms with E-state index >= 15 is 0 Å². The molecule has 1 aromatic rings. The molecule has 0 atom stereocenters. The van der Waals surface area contributed by atoms with E-state index in [1.807, 2.05) is 6.07 Å². The number of ketones is 1. The molecular formula is C9H7FeO2-. The number of Topliss-reactive ketones (excluding diaryl/α,β-unsaturated/α-hetero) is 1. The Morgan fingerprint density at radius 3 is 2.33 bits per heavy atom. The number of rotatable bonds is 3. The third kappa shape index (κ3) is 2.99. The number of hydrogen-bond donors (Lipinski definition) is 0. The number of carbonyl (C=O) groups excluding carboxylic acids is 2. The average Bonchev–Trinajstić information content (AvgIpc) is 2.07. The van der Waals surface area contributed by atoms with Crippen molar-refractivity contribution in [3.8, 4) is 0 Å². The molecule has 0 bridgehead atoms. The summed E-state index contributed by atoms with van der Waals surface area (Å²) >= 11 is 0. The fourth-order valence-corrected chi connectivity index (χ4v) is 0.792. The summed E-state index contributed by atoms with van der Waals surface area (Å²) in [6, 6.07) is 8.71. The molecule has 2 nitrogen and oxygen atoms in total. The first-order valence-electron chi connectivity index (χ1n) is 3.28. The second kappa shape index (κ2) is 5.69. The van der Waals surface area contributed by atoms with Crippen LogP contribution >= 0.6 is 0 Å². The summed E-state index contributed by atoms with van der Waals surface area (Å²) in [5.41, 5.74) is 0.566. The summed E-state index contributed by atoms with van der Waals surface area (Å²) in [7, 11) is 0. The quantitative estimate of drug-likeness (QED) is 0.321. The van der Waals surface area contributed by atoms with E-state index in [1.54, 1.807) is 30.6 Å². The van der Waals surface area contributed by atoms with Gasteiger partial charge in [-0.3, -0.25) is 11.1 Å². The standard InChI is InChI=1S/C9H7O2.Fe/c10-7-6-9(11)8-4-2-1-3-5-8;/h1-5H,6H2;/q-1;. The summed E-state index contributed by atoms with van der Waals surface area (Å²) in [6.07, 6.45) is 1.42. The van der Waals surface area contributed by atoms with Crippen LogP contribution in [-0.4, -0.2) is 12.1 Å². The van der Waals surface area contributed by atoms with E-state index in [0.29, 0.717) is 5.56 Å². The Bertz CT molecular complexity index is 256. The molecule has 0 amide bonds. The second-order valence-electron chi connectivity index (χ2n) is 2.11. The maximum absolute atomic E-state index is 11.0. The van der Waals surface area contributed by atoms with Gasteiger partial charge < -0.3 is 4.79 Å². The van der Waals surface area contributed by atoms with Gasteiger partial charge in [-0.15, -0.1) is 0 Å². The molecular weight excluding hydrogens is 196 g/mol. The van der Waals surface area contributed by atoms with Crippen LogP contribution in [0.4, 0.5) is 0 Å². The minimum absolute atomic E-state index is 0. The fraction of sp³-hybridized carbons (Fsp3) is 0.111. The molecule has 1 rings (SSSR count). The summed E-state index contributed by atoms with van der Waals surface area (Å²) in [5.74, 6) is -0.180. The summed E-state index contributed by atoms with van der Waals surface area (Å²) < 4.78 is 0. The second-order valence-corrected chi connectivity index (χ2v) is 2.11. The number of carbonyl (C=O) groups is 1. The van der Waals surface area contributed by atoms with Crippen molar-refractivity contribution in [2.45, 2.75) is 6.42 Å². The molecule has 0 radical (unpaired) electrons. The third-order valence-corrected chi connectivity index (χ3v) is 1.33. The zero-order chi connectivity index (χ0) is 8.10. The third-order valence-electron chi connectivity index (χ3n) is 1.33. The van der Waals surface area contributed by atoms with E-state index in [9.17, 15) is 9.59 Å². The molecule has 3 heteroatoms. The summed E-state index contributed by atoms with van der Waals surface area (Å²) in [6.45, 7) is 0. The van der Waals surface area contributed by atoms with Crippen molar-refractivity contribution in [1.29, 1.82) is 0 Å². The maximum atomic E-state index is 11.0. The first kappa shape index (κ1) is 11.1. The van der Waals surface area contributed by atoms with Gasteiger partial charge in [0.15, 0.2) is 0 Å². The summed E-state index contributed by atoms with van der Waals surface area (Å²) in [5, 5.41) is 0. The Hall–Kier alpha value is -0.921. The van der Waals surface area contributed by atoms with Crippen LogP contribution in [0, 0.1) is 0 Å². The Morgan fingerprint density at radius 1 is 1.25 bits per heavy atom. The molecule has 0 spiro atoms. The van der Waals surface area contributed by atoms with Crippen LogP contribution in [0.25, 0.3) is 0 Å². The first-order chi connectivity index (χ1) is 5.34. The van der Waals surface area contributed by atoms with Gasteiger partial charge in [0.05, 0.1) is 0 Å². The molecule has 0 fully saturated rings. The van der Waals surface area contributed by atoms with E-state index in [1.165, 1.54) is 0 Å². The smallest absolute Gasteiger partial charge is 0.136 e. The molecule has 0 heterocycles. The van der Waals surface area contributed by atoms with Crippen molar-refractivity contribution in [3.05, 3.63) is 35.9 Å². The monoisotopic (exact) mass is 203 g/mol. The molecule has 0 aliphatic heterocycles. The maximum Gasteiger partial charge on any atom is 0.136 e. The molecule has 64 valence electrons. The van der Waals surface area contributed by atoms with Crippen molar-refractivity contribution in [1.82, 2.24) is 0 Å². The fourth-order valence-electron chi connectivity index (χ4n) is 0.792. The van der Waals surface area contributed by atoms with Crippen LogP contribution in [0.5, 0.6) is 0 Å². The van der Waals surface area contributed by atoms with Gasteiger partial charge >= 0.3 is 0 Å². The average molecular weight is 203 g/mol. The Balaban J connectivity index is 0.00000121. The van der Waals surface area contributed by atoms with Crippen LogP contribution in [-0.2, 0) is 21.9 Å². The molecule has 1 aromatic carbocycles.